The van der Waals surface area contributed by atoms with E-state index in [-0.39, 0.29) is 23.6 Å². The van der Waals surface area contributed by atoms with Crippen molar-refractivity contribution in [1.29, 1.82) is 0 Å². The Morgan fingerprint density at radius 3 is 2.69 bits per heavy atom. The van der Waals surface area contributed by atoms with Crippen molar-refractivity contribution in [3.8, 4) is 0 Å². The number of nitrogens with one attached hydrogen (secondary N) is 1. The SMILES string of the molecule is C[C@H](O)CNc1nc2ccccn2c(=O)c1/C=C1\SC(=S)N(CCc2ccccc2)C1=O. The number of aliphatic hydroxyl groups is 1. The van der Waals surface area contributed by atoms with Crippen LogP contribution in [0.4, 0.5) is 5.82 Å². The first-order chi connectivity index (χ1) is 15.4. The Hall–Kier alpha value is -3.01. The van der Waals surface area contributed by atoms with Gasteiger partial charge < -0.3 is 10.4 Å². The standard InChI is InChI=1S/C23H22N4O3S2/c1-15(28)14-24-20-17(21(29)26-11-6-5-9-19(26)25-20)13-18-22(30)27(23(31)32-18)12-10-16-7-3-2-4-8-16/h2-9,11,13,15,24,28H,10,12,14H2,1H3/b18-13-/t15-/m0/s1. The minimum atomic E-state index is -0.630. The van der Waals surface area contributed by atoms with Crippen LogP contribution in [0.1, 0.15) is 18.1 Å². The number of thioether (sulfide) groups is 1. The molecule has 2 N–H and O–H groups in total. The maximum Gasteiger partial charge on any atom is 0.267 e. The topological polar surface area (TPSA) is 86.9 Å². The first-order valence-corrected chi connectivity index (χ1v) is 11.4. The van der Waals surface area contributed by atoms with Gasteiger partial charge in [0.05, 0.1) is 16.6 Å². The van der Waals surface area contributed by atoms with Crippen molar-refractivity contribution >= 4 is 51.7 Å². The summed E-state index contributed by atoms with van der Waals surface area (Å²) in [5, 5.41) is 12.7. The van der Waals surface area contributed by atoms with Crippen molar-refractivity contribution in [3.05, 3.63) is 81.1 Å². The zero-order valence-electron chi connectivity index (χ0n) is 17.4. The molecule has 1 aliphatic rings. The summed E-state index contributed by atoms with van der Waals surface area (Å²) in [6.45, 7) is 2.32. The van der Waals surface area contributed by atoms with Gasteiger partial charge in [0.15, 0.2) is 0 Å². The summed E-state index contributed by atoms with van der Waals surface area (Å²) in [5.41, 5.74) is 1.53. The first-order valence-electron chi connectivity index (χ1n) is 10.2. The Bertz CT molecular complexity index is 1260. The number of rotatable bonds is 7. The molecule has 0 bridgehead atoms. The second-order valence-corrected chi connectivity index (χ2v) is 9.08. The summed E-state index contributed by atoms with van der Waals surface area (Å²) in [6, 6.07) is 15.1. The van der Waals surface area contributed by atoms with E-state index in [2.05, 4.69) is 10.3 Å². The van der Waals surface area contributed by atoms with E-state index >= 15 is 0 Å². The van der Waals surface area contributed by atoms with Gasteiger partial charge in [0.25, 0.3) is 11.5 Å². The fourth-order valence-electron chi connectivity index (χ4n) is 3.32. The Balaban J connectivity index is 1.66. The smallest absolute Gasteiger partial charge is 0.267 e. The summed E-state index contributed by atoms with van der Waals surface area (Å²) in [7, 11) is 0. The van der Waals surface area contributed by atoms with Crippen LogP contribution in [0.5, 0.6) is 0 Å². The van der Waals surface area contributed by atoms with Gasteiger partial charge in [-0.25, -0.2) is 4.98 Å². The first kappa shape index (κ1) is 22.2. The predicted octanol–water partition coefficient (Wildman–Crippen LogP) is 2.93. The lowest BCUT2D eigenvalue weighted by Gasteiger charge is -2.14. The third-order valence-corrected chi connectivity index (χ3v) is 6.33. The van der Waals surface area contributed by atoms with E-state index in [1.165, 1.54) is 16.2 Å². The van der Waals surface area contributed by atoms with E-state index in [9.17, 15) is 14.7 Å². The van der Waals surface area contributed by atoms with E-state index in [0.29, 0.717) is 33.7 Å². The largest absolute Gasteiger partial charge is 0.392 e. The van der Waals surface area contributed by atoms with Crippen LogP contribution in [0.3, 0.4) is 0 Å². The predicted molar refractivity (Wildman–Crippen MR) is 132 cm³/mol. The van der Waals surface area contributed by atoms with Crippen LogP contribution >= 0.6 is 24.0 Å². The number of pyridine rings is 1. The zero-order chi connectivity index (χ0) is 22.7. The molecule has 1 aromatic carbocycles. The number of anilines is 1. The highest BCUT2D eigenvalue weighted by Gasteiger charge is 2.32. The van der Waals surface area contributed by atoms with Gasteiger partial charge in [0.1, 0.15) is 15.8 Å². The highest BCUT2D eigenvalue weighted by molar-refractivity contribution is 8.26. The van der Waals surface area contributed by atoms with E-state index in [4.69, 9.17) is 12.2 Å². The number of carbonyl (C=O) groups is 1. The van der Waals surface area contributed by atoms with E-state index < -0.39 is 6.10 Å². The van der Waals surface area contributed by atoms with Gasteiger partial charge in [-0.05, 0) is 37.1 Å². The Morgan fingerprint density at radius 2 is 1.94 bits per heavy atom. The summed E-state index contributed by atoms with van der Waals surface area (Å²) < 4.78 is 1.89. The van der Waals surface area contributed by atoms with Crippen LogP contribution in [0.25, 0.3) is 11.7 Å². The molecule has 3 heterocycles. The number of amides is 1. The Labute approximate surface area is 194 Å². The molecular formula is C23H22N4O3S2. The fourth-order valence-corrected chi connectivity index (χ4v) is 4.61. The van der Waals surface area contributed by atoms with E-state index in [1.807, 2.05) is 30.3 Å². The van der Waals surface area contributed by atoms with Gasteiger partial charge in [-0.2, -0.15) is 0 Å². The Kier molecular flexibility index (Phi) is 6.69. The summed E-state index contributed by atoms with van der Waals surface area (Å²) in [4.78, 5) is 32.7. The summed E-state index contributed by atoms with van der Waals surface area (Å²) in [6.07, 6.45) is 3.23. The number of hydrogen-bond donors (Lipinski definition) is 2. The molecule has 1 saturated heterocycles. The van der Waals surface area contributed by atoms with Gasteiger partial charge in [-0.3, -0.25) is 18.9 Å². The maximum absolute atomic E-state index is 13.2. The van der Waals surface area contributed by atoms with Crippen molar-refractivity contribution in [1.82, 2.24) is 14.3 Å². The molecule has 0 saturated carbocycles. The molecule has 7 nitrogen and oxygen atoms in total. The van der Waals surface area contributed by atoms with E-state index in [0.717, 1.165) is 5.56 Å². The van der Waals surface area contributed by atoms with Gasteiger partial charge in [0.2, 0.25) is 0 Å². The monoisotopic (exact) mass is 466 g/mol. The quantitative estimate of drug-likeness (QED) is 0.409. The number of aromatic nitrogens is 2. The molecule has 32 heavy (non-hydrogen) atoms. The molecule has 9 heteroatoms. The third-order valence-electron chi connectivity index (χ3n) is 4.95. The minimum absolute atomic E-state index is 0.217. The molecule has 1 atom stereocenters. The average Bonchev–Trinajstić information content (AvgIpc) is 3.06. The van der Waals surface area contributed by atoms with Crippen molar-refractivity contribution in [2.24, 2.45) is 0 Å². The maximum atomic E-state index is 13.2. The highest BCUT2D eigenvalue weighted by atomic mass is 32.2. The minimum Gasteiger partial charge on any atom is -0.392 e. The number of nitrogens with zero attached hydrogens (tertiary/aromatic N) is 3. The molecule has 0 aliphatic carbocycles. The number of aliphatic hydroxyl groups excluding tert-OH is 1. The fraction of sp³-hybridized carbons (Fsp3) is 0.217. The number of thiocarbonyl (C=S) groups is 1. The number of benzene rings is 1. The number of fused-ring (bicyclic) bond motifs is 1. The van der Waals surface area contributed by atoms with Crippen LogP contribution in [-0.2, 0) is 11.2 Å². The molecule has 1 fully saturated rings. The van der Waals surface area contributed by atoms with E-state index in [1.54, 1.807) is 42.3 Å². The van der Waals surface area contributed by atoms with Crippen LogP contribution in [0, 0.1) is 0 Å². The zero-order valence-corrected chi connectivity index (χ0v) is 19.0. The molecule has 1 aliphatic heterocycles. The second-order valence-electron chi connectivity index (χ2n) is 7.41. The van der Waals surface area contributed by atoms with Crippen molar-refractivity contribution in [2.45, 2.75) is 19.4 Å². The molecule has 4 rings (SSSR count). The lowest BCUT2D eigenvalue weighted by atomic mass is 10.1. The van der Waals surface area contributed by atoms with Gasteiger partial charge in [-0.1, -0.05) is 60.4 Å². The van der Waals surface area contributed by atoms with Crippen LogP contribution < -0.4 is 10.9 Å². The third kappa shape index (κ3) is 4.74. The normalized spacial score (nSPS) is 16.2. The highest BCUT2D eigenvalue weighted by Crippen LogP contribution is 2.33. The summed E-state index contributed by atoms with van der Waals surface area (Å²) >= 11 is 6.61. The molecule has 0 unspecified atom stereocenters. The number of hydrogen-bond acceptors (Lipinski definition) is 7. The van der Waals surface area contributed by atoms with Gasteiger partial charge in [0, 0.05) is 19.3 Å². The van der Waals surface area contributed by atoms with Crippen molar-refractivity contribution < 1.29 is 9.90 Å². The summed E-state index contributed by atoms with van der Waals surface area (Å²) in [5.74, 6) is 0.0895. The van der Waals surface area contributed by atoms with Crippen LogP contribution in [-0.4, -0.2) is 48.8 Å². The average molecular weight is 467 g/mol. The molecule has 164 valence electrons. The lowest BCUT2D eigenvalue weighted by Crippen LogP contribution is -2.30. The van der Waals surface area contributed by atoms with Crippen LogP contribution in [0.2, 0.25) is 0 Å². The molecular weight excluding hydrogens is 444 g/mol. The van der Waals surface area contributed by atoms with Gasteiger partial charge in [-0.15, -0.1) is 0 Å². The van der Waals surface area contributed by atoms with Crippen molar-refractivity contribution in [3.63, 3.8) is 0 Å². The van der Waals surface area contributed by atoms with Crippen LogP contribution in [0.15, 0.2) is 64.4 Å². The van der Waals surface area contributed by atoms with Gasteiger partial charge >= 0.3 is 0 Å². The molecule has 0 spiro atoms. The lowest BCUT2D eigenvalue weighted by molar-refractivity contribution is -0.122. The molecule has 1 amide bonds. The second kappa shape index (κ2) is 9.64. The Morgan fingerprint density at radius 1 is 1.19 bits per heavy atom. The van der Waals surface area contributed by atoms with Crippen molar-refractivity contribution in [2.75, 3.05) is 18.4 Å². The molecule has 2 aromatic heterocycles. The number of carbonyl (C=O) groups excluding carboxylic acids is 1. The molecule has 0 radical (unpaired) electrons. The molecule has 3 aromatic rings.